The predicted octanol–water partition coefficient (Wildman–Crippen LogP) is 2.93. The van der Waals surface area contributed by atoms with E-state index in [1.807, 2.05) is 31.2 Å². The Labute approximate surface area is 129 Å². The molecule has 0 spiro atoms. The van der Waals surface area contributed by atoms with E-state index >= 15 is 0 Å². The molecule has 1 unspecified atom stereocenters. The van der Waals surface area contributed by atoms with Crippen molar-refractivity contribution in [3.63, 3.8) is 0 Å². The fourth-order valence-electron chi connectivity index (χ4n) is 2.93. The van der Waals surface area contributed by atoms with E-state index in [0.717, 1.165) is 17.8 Å². The molecule has 0 saturated carbocycles. The molecular formula is C17H21N3O2. The molecule has 1 atom stereocenters. The van der Waals surface area contributed by atoms with Crippen molar-refractivity contribution in [2.45, 2.75) is 39.8 Å². The van der Waals surface area contributed by atoms with Crippen LogP contribution in [0.5, 0.6) is 0 Å². The molecule has 0 aliphatic carbocycles. The minimum absolute atomic E-state index is 0.00152. The number of hydrogen-bond donors (Lipinski definition) is 0. The number of aliphatic imine (C=N–C) groups is 1. The van der Waals surface area contributed by atoms with E-state index in [2.05, 4.69) is 23.8 Å². The molecule has 0 radical (unpaired) electrons. The summed E-state index contributed by atoms with van der Waals surface area (Å²) in [5.41, 5.74) is 0.732. The summed E-state index contributed by atoms with van der Waals surface area (Å²) in [6, 6.07) is 7.31. The Balaban J connectivity index is 2.19. The lowest BCUT2D eigenvalue weighted by Crippen LogP contribution is -2.38. The topological polar surface area (TPSA) is 56.5 Å². The van der Waals surface area contributed by atoms with Gasteiger partial charge in [-0.25, -0.2) is 9.98 Å². The van der Waals surface area contributed by atoms with E-state index in [-0.39, 0.29) is 11.6 Å². The van der Waals surface area contributed by atoms with E-state index in [0.29, 0.717) is 30.4 Å². The Kier molecular flexibility index (Phi) is 3.96. The van der Waals surface area contributed by atoms with Crippen LogP contribution < -0.4 is 5.56 Å². The summed E-state index contributed by atoms with van der Waals surface area (Å²) in [6.45, 7) is 7.16. The van der Waals surface area contributed by atoms with Gasteiger partial charge in [0.05, 0.1) is 17.5 Å². The van der Waals surface area contributed by atoms with Gasteiger partial charge in [0.25, 0.3) is 5.56 Å². The smallest absolute Gasteiger partial charge is 0.262 e. The monoisotopic (exact) mass is 299 g/mol. The van der Waals surface area contributed by atoms with Crippen LogP contribution in [0.2, 0.25) is 0 Å². The molecule has 3 rings (SSSR count). The molecule has 0 bridgehead atoms. The van der Waals surface area contributed by atoms with Gasteiger partial charge in [0.1, 0.15) is 18.4 Å². The molecule has 22 heavy (non-hydrogen) atoms. The van der Waals surface area contributed by atoms with E-state index in [4.69, 9.17) is 4.74 Å². The predicted molar refractivity (Wildman–Crippen MR) is 87.3 cm³/mol. The molecule has 1 aromatic heterocycles. The summed E-state index contributed by atoms with van der Waals surface area (Å²) in [7, 11) is 0. The number of benzene rings is 1. The molecule has 2 aromatic rings. The molecule has 1 aromatic carbocycles. The third-order valence-electron chi connectivity index (χ3n) is 3.84. The fraction of sp³-hybridized carbons (Fsp3) is 0.471. The molecule has 1 aliphatic rings. The quantitative estimate of drug-likeness (QED) is 0.875. The maximum absolute atomic E-state index is 12.9. The number of rotatable bonds is 3. The van der Waals surface area contributed by atoms with E-state index < -0.39 is 0 Å². The second kappa shape index (κ2) is 5.91. The normalized spacial score (nSPS) is 17.5. The van der Waals surface area contributed by atoms with Crippen molar-refractivity contribution in [1.29, 1.82) is 0 Å². The van der Waals surface area contributed by atoms with Gasteiger partial charge in [-0.3, -0.25) is 9.36 Å². The fourth-order valence-corrected chi connectivity index (χ4v) is 2.93. The standard InChI is InChI=1S/C17H21N3O2/c1-4-22-16-14(9-11(2)3)20-15(10-18-16)19-13-8-6-5-7-12(13)17(20)21/h5-8,11,14H,4,9-10H2,1-3H3. The third kappa shape index (κ3) is 2.51. The Hall–Kier alpha value is -2.17. The molecule has 116 valence electrons. The van der Waals surface area contributed by atoms with Crippen LogP contribution in [0, 0.1) is 5.92 Å². The average molecular weight is 299 g/mol. The van der Waals surface area contributed by atoms with Gasteiger partial charge < -0.3 is 4.74 Å². The van der Waals surface area contributed by atoms with Crippen LogP contribution in [0.15, 0.2) is 34.1 Å². The summed E-state index contributed by atoms with van der Waals surface area (Å²) in [5.74, 6) is 1.81. The van der Waals surface area contributed by atoms with Crippen LogP contribution in [0.25, 0.3) is 10.9 Å². The number of fused-ring (bicyclic) bond motifs is 2. The largest absolute Gasteiger partial charge is 0.480 e. The van der Waals surface area contributed by atoms with E-state index in [1.165, 1.54) is 0 Å². The van der Waals surface area contributed by atoms with Crippen LogP contribution in [-0.2, 0) is 11.3 Å². The molecule has 1 aliphatic heterocycles. The highest BCUT2D eigenvalue weighted by molar-refractivity contribution is 5.83. The lowest BCUT2D eigenvalue weighted by Gasteiger charge is -2.28. The van der Waals surface area contributed by atoms with Crippen molar-refractivity contribution in [3.8, 4) is 0 Å². The number of hydrogen-bond acceptors (Lipinski definition) is 4. The SMILES string of the molecule is CCOC1=NCc2nc3ccccc3c(=O)n2C1CC(C)C. The number of aromatic nitrogens is 2. The Bertz CT molecular complexity index is 777. The molecule has 5 heteroatoms. The van der Waals surface area contributed by atoms with Crippen LogP contribution in [0.3, 0.4) is 0 Å². The minimum Gasteiger partial charge on any atom is -0.480 e. The van der Waals surface area contributed by atoms with Crippen molar-refractivity contribution in [3.05, 3.63) is 40.4 Å². The van der Waals surface area contributed by atoms with Gasteiger partial charge in [-0.2, -0.15) is 0 Å². The van der Waals surface area contributed by atoms with Crippen LogP contribution in [0.1, 0.15) is 39.1 Å². The first-order valence-electron chi connectivity index (χ1n) is 7.79. The zero-order chi connectivity index (χ0) is 15.7. The minimum atomic E-state index is -0.159. The molecule has 5 nitrogen and oxygen atoms in total. The maximum Gasteiger partial charge on any atom is 0.262 e. The Morgan fingerprint density at radius 1 is 1.36 bits per heavy atom. The maximum atomic E-state index is 12.9. The molecule has 0 fully saturated rings. The van der Waals surface area contributed by atoms with Gasteiger partial charge in [-0.05, 0) is 31.4 Å². The summed E-state index contributed by atoms with van der Waals surface area (Å²) >= 11 is 0. The zero-order valence-corrected chi connectivity index (χ0v) is 13.2. The highest BCUT2D eigenvalue weighted by Gasteiger charge is 2.29. The first-order chi connectivity index (χ1) is 10.6. The third-order valence-corrected chi connectivity index (χ3v) is 3.84. The number of ether oxygens (including phenoxy) is 1. The van der Waals surface area contributed by atoms with Crippen molar-refractivity contribution in [2.75, 3.05) is 6.61 Å². The number of nitrogens with zero attached hydrogens (tertiary/aromatic N) is 3. The highest BCUT2D eigenvalue weighted by atomic mass is 16.5. The second-order valence-corrected chi connectivity index (χ2v) is 5.95. The lowest BCUT2D eigenvalue weighted by atomic mass is 10.0. The van der Waals surface area contributed by atoms with Crippen LogP contribution in [-0.4, -0.2) is 22.1 Å². The van der Waals surface area contributed by atoms with Crippen molar-refractivity contribution >= 4 is 16.8 Å². The Morgan fingerprint density at radius 2 is 2.14 bits per heavy atom. The van der Waals surface area contributed by atoms with Gasteiger partial charge in [0.2, 0.25) is 5.90 Å². The summed E-state index contributed by atoms with van der Waals surface area (Å²) in [6.07, 6.45) is 0.811. The van der Waals surface area contributed by atoms with Crippen LogP contribution >= 0.6 is 0 Å². The summed E-state index contributed by atoms with van der Waals surface area (Å²) in [5, 5.41) is 0.651. The first-order valence-corrected chi connectivity index (χ1v) is 7.79. The molecular weight excluding hydrogens is 278 g/mol. The molecule has 0 saturated heterocycles. The van der Waals surface area contributed by atoms with E-state index in [1.54, 1.807) is 4.57 Å². The van der Waals surface area contributed by atoms with E-state index in [9.17, 15) is 4.79 Å². The van der Waals surface area contributed by atoms with Gasteiger partial charge >= 0.3 is 0 Å². The van der Waals surface area contributed by atoms with Gasteiger partial charge in [-0.15, -0.1) is 0 Å². The zero-order valence-electron chi connectivity index (χ0n) is 13.2. The van der Waals surface area contributed by atoms with Crippen molar-refractivity contribution < 1.29 is 4.74 Å². The molecule has 0 amide bonds. The summed E-state index contributed by atoms with van der Waals surface area (Å²) in [4.78, 5) is 22.1. The summed E-state index contributed by atoms with van der Waals surface area (Å²) < 4.78 is 7.46. The second-order valence-electron chi connectivity index (χ2n) is 5.95. The molecule has 0 N–H and O–H groups in total. The van der Waals surface area contributed by atoms with Crippen LogP contribution in [0.4, 0.5) is 0 Å². The number of para-hydroxylation sites is 1. The Morgan fingerprint density at radius 3 is 2.86 bits per heavy atom. The average Bonchev–Trinajstić information content (AvgIpc) is 2.49. The van der Waals surface area contributed by atoms with Gasteiger partial charge in [-0.1, -0.05) is 26.0 Å². The molecule has 2 heterocycles. The lowest BCUT2D eigenvalue weighted by molar-refractivity contribution is 0.276. The van der Waals surface area contributed by atoms with Crippen molar-refractivity contribution in [1.82, 2.24) is 9.55 Å². The highest BCUT2D eigenvalue weighted by Crippen LogP contribution is 2.25. The van der Waals surface area contributed by atoms with Crippen molar-refractivity contribution in [2.24, 2.45) is 10.9 Å². The van der Waals surface area contributed by atoms with Gasteiger partial charge in [0, 0.05) is 0 Å². The first kappa shape index (κ1) is 14.8. The van der Waals surface area contributed by atoms with Gasteiger partial charge in [0.15, 0.2) is 0 Å².